The minimum atomic E-state index is -4.53. The van der Waals surface area contributed by atoms with Gasteiger partial charge in [-0.3, -0.25) is 9.69 Å². The van der Waals surface area contributed by atoms with Crippen LogP contribution in [-0.4, -0.2) is 40.8 Å². The number of nitrogens with zero attached hydrogens (tertiary/aromatic N) is 1. The Morgan fingerprint density at radius 1 is 1.15 bits per heavy atom. The molecular weight excluding hydrogens is 354 g/mol. The van der Waals surface area contributed by atoms with Gasteiger partial charge in [0.1, 0.15) is 5.82 Å². The standard InChI is InChI=1S/C17H21F4NO.CH2O2/c1-22(15-4-11-6-16(23)7-12(11)5-15)9-10-2-13(17(19,20)21)8-14(18)3-10;2-1-3/h2-3,8,11-12,15-16,23H,4-7,9H2,1H3;1H,(H,2,3)/t11-,12+,15?,16?;. The molecule has 8 heteroatoms. The number of rotatable bonds is 3. The summed E-state index contributed by atoms with van der Waals surface area (Å²) in [5, 5.41) is 16.6. The van der Waals surface area contributed by atoms with Crippen LogP contribution in [0.4, 0.5) is 17.6 Å². The zero-order chi connectivity index (χ0) is 19.5. The lowest BCUT2D eigenvalue weighted by Crippen LogP contribution is -2.30. The molecular formula is C18H23F4NO3. The molecule has 2 aliphatic carbocycles. The molecule has 0 aromatic heterocycles. The molecule has 1 aromatic carbocycles. The number of aliphatic hydroxyl groups excluding tert-OH is 1. The van der Waals surface area contributed by atoms with Gasteiger partial charge >= 0.3 is 6.18 Å². The molecule has 4 atom stereocenters. The fourth-order valence-electron chi connectivity index (χ4n) is 4.23. The molecule has 0 bridgehead atoms. The first-order valence-electron chi connectivity index (χ1n) is 8.46. The van der Waals surface area contributed by atoms with Crippen molar-refractivity contribution in [3.63, 3.8) is 0 Å². The predicted molar refractivity (Wildman–Crippen MR) is 86.8 cm³/mol. The molecule has 0 saturated heterocycles. The highest BCUT2D eigenvalue weighted by Gasteiger charge is 2.42. The summed E-state index contributed by atoms with van der Waals surface area (Å²) in [5.74, 6) is 0.168. The highest BCUT2D eigenvalue weighted by atomic mass is 19.4. The first-order chi connectivity index (χ1) is 12.1. The number of hydrogen-bond acceptors (Lipinski definition) is 3. The second-order valence-electron chi connectivity index (χ2n) is 7.14. The Balaban J connectivity index is 0.000000758. The van der Waals surface area contributed by atoms with Crippen molar-refractivity contribution in [2.75, 3.05) is 7.05 Å². The van der Waals surface area contributed by atoms with E-state index in [0.717, 1.165) is 31.7 Å². The van der Waals surface area contributed by atoms with E-state index in [9.17, 15) is 22.7 Å². The number of carbonyl (C=O) groups is 1. The number of aliphatic hydroxyl groups is 1. The lowest BCUT2D eigenvalue weighted by Gasteiger charge is -2.25. The quantitative estimate of drug-likeness (QED) is 0.625. The number of fused-ring (bicyclic) bond motifs is 1. The summed E-state index contributed by atoms with van der Waals surface area (Å²) < 4.78 is 51.8. The Labute approximate surface area is 149 Å². The van der Waals surface area contributed by atoms with Crippen LogP contribution < -0.4 is 0 Å². The topological polar surface area (TPSA) is 60.8 Å². The minimum absolute atomic E-state index is 0.200. The van der Waals surface area contributed by atoms with Crippen LogP contribution in [0.2, 0.25) is 0 Å². The van der Waals surface area contributed by atoms with Crippen molar-refractivity contribution < 1.29 is 32.6 Å². The van der Waals surface area contributed by atoms with E-state index in [0.29, 0.717) is 30.0 Å². The monoisotopic (exact) mass is 377 g/mol. The molecule has 0 aliphatic heterocycles. The lowest BCUT2D eigenvalue weighted by atomic mass is 10.0. The Morgan fingerprint density at radius 2 is 1.69 bits per heavy atom. The van der Waals surface area contributed by atoms with E-state index in [1.165, 1.54) is 6.07 Å². The van der Waals surface area contributed by atoms with E-state index < -0.39 is 17.6 Å². The van der Waals surface area contributed by atoms with Crippen molar-refractivity contribution in [3.05, 3.63) is 35.1 Å². The summed E-state index contributed by atoms with van der Waals surface area (Å²) in [6, 6.07) is 3.02. The molecule has 0 spiro atoms. The second kappa shape index (κ2) is 8.35. The zero-order valence-electron chi connectivity index (χ0n) is 14.4. The summed E-state index contributed by atoms with van der Waals surface area (Å²) in [4.78, 5) is 10.4. The molecule has 2 unspecified atom stereocenters. The van der Waals surface area contributed by atoms with Crippen LogP contribution >= 0.6 is 0 Å². The number of hydrogen-bond donors (Lipinski definition) is 2. The van der Waals surface area contributed by atoms with Gasteiger partial charge in [0.15, 0.2) is 0 Å². The fraction of sp³-hybridized carbons (Fsp3) is 0.611. The van der Waals surface area contributed by atoms with Crippen LogP contribution in [0.15, 0.2) is 18.2 Å². The fourth-order valence-corrected chi connectivity index (χ4v) is 4.23. The maximum absolute atomic E-state index is 13.5. The van der Waals surface area contributed by atoms with E-state index >= 15 is 0 Å². The van der Waals surface area contributed by atoms with E-state index in [1.807, 2.05) is 11.9 Å². The second-order valence-corrected chi connectivity index (χ2v) is 7.14. The van der Waals surface area contributed by atoms with Crippen molar-refractivity contribution in [2.24, 2.45) is 11.8 Å². The third-order valence-electron chi connectivity index (χ3n) is 5.31. The summed E-state index contributed by atoms with van der Waals surface area (Å²) in [6.07, 6.45) is -1.16. The van der Waals surface area contributed by atoms with Crippen molar-refractivity contribution in [1.29, 1.82) is 0 Å². The Hall–Kier alpha value is -1.67. The first-order valence-corrected chi connectivity index (χ1v) is 8.46. The van der Waals surface area contributed by atoms with Crippen LogP contribution in [0.1, 0.15) is 36.8 Å². The average Bonchev–Trinajstić information content (AvgIpc) is 3.03. The average molecular weight is 377 g/mol. The molecule has 2 fully saturated rings. The normalized spacial score (nSPS) is 27.8. The van der Waals surface area contributed by atoms with Gasteiger partial charge in [-0.25, -0.2) is 4.39 Å². The number of halogens is 4. The van der Waals surface area contributed by atoms with Crippen LogP contribution in [0.25, 0.3) is 0 Å². The van der Waals surface area contributed by atoms with Gasteiger partial charge in [0.05, 0.1) is 11.7 Å². The molecule has 0 radical (unpaired) electrons. The van der Waals surface area contributed by atoms with Gasteiger partial charge in [-0.2, -0.15) is 13.2 Å². The van der Waals surface area contributed by atoms with Gasteiger partial charge in [0, 0.05) is 12.6 Å². The zero-order valence-corrected chi connectivity index (χ0v) is 14.4. The van der Waals surface area contributed by atoms with Crippen LogP contribution in [0, 0.1) is 17.7 Å². The van der Waals surface area contributed by atoms with Gasteiger partial charge in [-0.05, 0) is 68.3 Å². The van der Waals surface area contributed by atoms with Gasteiger partial charge in [-0.1, -0.05) is 0 Å². The SMILES string of the molecule is CN(Cc1cc(F)cc(C(F)(F)F)c1)C1C[C@H]2CC(O)C[C@H]2C1.O=CO. The highest BCUT2D eigenvalue weighted by Crippen LogP contribution is 2.45. The van der Waals surface area contributed by atoms with Crippen LogP contribution in [-0.2, 0) is 17.5 Å². The van der Waals surface area contributed by atoms with Crippen molar-refractivity contribution in [3.8, 4) is 0 Å². The first kappa shape index (κ1) is 20.6. The summed E-state index contributed by atoms with van der Waals surface area (Å²) in [7, 11) is 1.88. The highest BCUT2D eigenvalue weighted by molar-refractivity contribution is 5.32. The third kappa shape index (κ3) is 5.17. The van der Waals surface area contributed by atoms with Crippen molar-refractivity contribution in [1.82, 2.24) is 4.90 Å². The largest absolute Gasteiger partial charge is 0.483 e. The summed E-state index contributed by atoms with van der Waals surface area (Å²) in [6.45, 7) is 0.0491. The molecule has 2 N–H and O–H groups in total. The number of benzene rings is 1. The predicted octanol–water partition coefficient (Wildman–Crippen LogP) is 3.53. The van der Waals surface area contributed by atoms with Gasteiger partial charge in [-0.15, -0.1) is 0 Å². The van der Waals surface area contributed by atoms with Crippen LogP contribution in [0.5, 0.6) is 0 Å². The van der Waals surface area contributed by atoms with Crippen molar-refractivity contribution in [2.45, 2.75) is 50.6 Å². The van der Waals surface area contributed by atoms with Gasteiger partial charge < -0.3 is 10.2 Å². The van der Waals surface area contributed by atoms with E-state index in [4.69, 9.17) is 9.90 Å². The van der Waals surface area contributed by atoms with Crippen molar-refractivity contribution >= 4 is 6.47 Å². The van der Waals surface area contributed by atoms with Crippen LogP contribution in [0.3, 0.4) is 0 Å². The summed E-state index contributed by atoms with van der Waals surface area (Å²) in [5.41, 5.74) is -0.593. The molecule has 2 saturated carbocycles. The third-order valence-corrected chi connectivity index (χ3v) is 5.31. The summed E-state index contributed by atoms with van der Waals surface area (Å²) >= 11 is 0. The molecule has 1 aromatic rings. The van der Waals surface area contributed by atoms with E-state index in [1.54, 1.807) is 0 Å². The lowest BCUT2D eigenvalue weighted by molar-refractivity contribution is -0.137. The molecule has 0 amide bonds. The Morgan fingerprint density at radius 3 is 2.19 bits per heavy atom. The maximum Gasteiger partial charge on any atom is 0.416 e. The molecule has 3 rings (SSSR count). The maximum atomic E-state index is 13.5. The van der Waals surface area contributed by atoms with Gasteiger partial charge in [0.25, 0.3) is 6.47 Å². The number of alkyl halides is 3. The van der Waals surface area contributed by atoms with Gasteiger partial charge in [0.2, 0.25) is 0 Å². The smallest absolute Gasteiger partial charge is 0.416 e. The Kier molecular flexibility index (Phi) is 6.63. The number of carboxylic acid groups (broad SMARTS) is 1. The van der Waals surface area contributed by atoms with E-state index in [-0.39, 0.29) is 18.6 Å². The molecule has 4 nitrogen and oxygen atoms in total. The molecule has 2 aliphatic rings. The molecule has 26 heavy (non-hydrogen) atoms. The minimum Gasteiger partial charge on any atom is -0.483 e. The molecule has 146 valence electrons. The molecule has 0 heterocycles. The van der Waals surface area contributed by atoms with E-state index in [2.05, 4.69) is 0 Å². The Bertz CT molecular complexity index is 609.